The molecule has 2 unspecified atom stereocenters. The molecule has 2 N–H and O–H groups in total. The van der Waals surface area contributed by atoms with Crippen molar-refractivity contribution in [2.45, 2.75) is 18.5 Å². The van der Waals surface area contributed by atoms with Crippen molar-refractivity contribution in [1.29, 1.82) is 0 Å². The number of nitrogens with zero attached hydrogens (tertiary/aromatic N) is 2. The molecule has 6 rings (SSSR count). The number of methoxy groups -OCH3 is 1. The second kappa shape index (κ2) is 9.63. The van der Waals surface area contributed by atoms with E-state index in [1.54, 1.807) is 42.3 Å². The lowest BCUT2D eigenvalue weighted by Crippen LogP contribution is -2.44. The predicted molar refractivity (Wildman–Crippen MR) is 144 cm³/mol. The van der Waals surface area contributed by atoms with Crippen LogP contribution in [0.15, 0.2) is 72.8 Å². The number of aromatic amines is 1. The van der Waals surface area contributed by atoms with Crippen LogP contribution in [0.1, 0.15) is 33.2 Å². The number of rotatable bonds is 6. The number of carbonyl (C=O) groups is 3. The summed E-state index contributed by atoms with van der Waals surface area (Å²) in [6, 6.07) is 20.2. The molecule has 0 radical (unpaired) electrons. The zero-order valence-electron chi connectivity index (χ0n) is 20.6. The number of nitrogens with one attached hydrogen (secondary N) is 2. The quantitative estimate of drug-likeness (QED) is 0.280. The molecule has 2 atom stereocenters. The normalized spacial score (nSPS) is 18.6. The summed E-state index contributed by atoms with van der Waals surface area (Å²) >= 11 is 6.37. The Balaban J connectivity index is 1.46. The van der Waals surface area contributed by atoms with Crippen molar-refractivity contribution in [1.82, 2.24) is 15.2 Å². The Kier molecular flexibility index (Phi) is 6.13. The summed E-state index contributed by atoms with van der Waals surface area (Å²) in [6.07, 6.45) is 0.361. The van der Waals surface area contributed by atoms with E-state index in [1.807, 2.05) is 42.5 Å². The number of urea groups is 1. The number of halogens is 1. The molecule has 3 aromatic carbocycles. The molecule has 2 aliphatic rings. The fourth-order valence-corrected chi connectivity index (χ4v) is 5.74. The maximum absolute atomic E-state index is 14.1. The van der Waals surface area contributed by atoms with Crippen molar-refractivity contribution in [3.8, 4) is 0 Å². The van der Waals surface area contributed by atoms with Gasteiger partial charge in [-0.05, 0) is 41.5 Å². The number of hydrogen-bond donors (Lipinski definition) is 2. The van der Waals surface area contributed by atoms with E-state index in [2.05, 4.69) is 10.3 Å². The molecule has 1 saturated heterocycles. The minimum Gasteiger partial charge on any atom is -0.383 e. The molecule has 8 nitrogen and oxygen atoms in total. The highest BCUT2D eigenvalue weighted by molar-refractivity contribution is 6.30. The molecule has 4 amide bonds. The van der Waals surface area contributed by atoms with Gasteiger partial charge in [-0.15, -0.1) is 0 Å². The van der Waals surface area contributed by atoms with Gasteiger partial charge in [0.25, 0.3) is 11.8 Å². The Morgan fingerprint density at radius 2 is 1.87 bits per heavy atom. The monoisotopic (exact) mass is 528 g/mol. The van der Waals surface area contributed by atoms with Gasteiger partial charge in [0.1, 0.15) is 12.1 Å². The topological polar surface area (TPSA) is 94.7 Å². The molecular weight excluding hydrogens is 504 g/mol. The third-order valence-electron chi connectivity index (χ3n) is 7.19. The number of para-hydroxylation sites is 2. The molecule has 38 heavy (non-hydrogen) atoms. The number of benzene rings is 3. The van der Waals surface area contributed by atoms with E-state index in [0.29, 0.717) is 24.6 Å². The standard InChI is InChI=1S/C29H25ClN4O4/c1-38-14-13-31-27(35)20-10-3-5-12-23(20)34-28(36)24-16-21-19-9-2-4-11-22(19)32-25(21)26(33(24)29(34)37)17-7-6-8-18(30)15-17/h2-12,15,24,26,32H,13-14,16H2,1H3,(H,31,35). The van der Waals surface area contributed by atoms with Gasteiger partial charge in [0.2, 0.25) is 0 Å². The van der Waals surface area contributed by atoms with Gasteiger partial charge >= 0.3 is 6.03 Å². The molecule has 9 heteroatoms. The van der Waals surface area contributed by atoms with Gasteiger partial charge in [-0.3, -0.25) is 14.5 Å². The molecule has 192 valence electrons. The van der Waals surface area contributed by atoms with Crippen molar-refractivity contribution >= 4 is 46.0 Å². The second-order valence-corrected chi connectivity index (χ2v) is 9.81. The third kappa shape index (κ3) is 3.84. The van der Waals surface area contributed by atoms with Crippen LogP contribution in [-0.2, 0) is 16.0 Å². The average molecular weight is 529 g/mol. The molecule has 3 heterocycles. The Labute approximate surface area is 224 Å². The molecule has 0 saturated carbocycles. The Bertz CT molecular complexity index is 1580. The van der Waals surface area contributed by atoms with Crippen LogP contribution in [0.25, 0.3) is 10.9 Å². The van der Waals surface area contributed by atoms with E-state index in [0.717, 1.165) is 32.6 Å². The summed E-state index contributed by atoms with van der Waals surface area (Å²) in [6.45, 7) is 0.650. The van der Waals surface area contributed by atoms with E-state index >= 15 is 0 Å². The largest absolute Gasteiger partial charge is 0.383 e. The van der Waals surface area contributed by atoms with E-state index in [4.69, 9.17) is 16.3 Å². The van der Waals surface area contributed by atoms with Crippen LogP contribution >= 0.6 is 11.6 Å². The van der Waals surface area contributed by atoms with Gasteiger partial charge in [0.15, 0.2) is 0 Å². The highest BCUT2D eigenvalue weighted by atomic mass is 35.5. The van der Waals surface area contributed by atoms with Crippen LogP contribution in [0, 0.1) is 0 Å². The zero-order valence-corrected chi connectivity index (χ0v) is 21.4. The molecular formula is C29H25ClN4O4. The van der Waals surface area contributed by atoms with Crippen LogP contribution in [0.4, 0.5) is 10.5 Å². The van der Waals surface area contributed by atoms with E-state index < -0.39 is 18.1 Å². The number of hydrogen-bond acceptors (Lipinski definition) is 4. The van der Waals surface area contributed by atoms with Crippen molar-refractivity contribution in [3.63, 3.8) is 0 Å². The van der Waals surface area contributed by atoms with Gasteiger partial charge in [-0.2, -0.15) is 0 Å². The summed E-state index contributed by atoms with van der Waals surface area (Å²) < 4.78 is 5.02. The number of H-pyrrole nitrogens is 1. The van der Waals surface area contributed by atoms with Crippen molar-refractivity contribution < 1.29 is 19.1 Å². The van der Waals surface area contributed by atoms with Gasteiger partial charge in [0, 0.05) is 41.7 Å². The molecule has 0 bridgehead atoms. The van der Waals surface area contributed by atoms with Crippen LogP contribution in [-0.4, -0.2) is 54.0 Å². The lowest BCUT2D eigenvalue weighted by Gasteiger charge is -2.36. The first-order valence-corrected chi connectivity index (χ1v) is 12.7. The maximum Gasteiger partial charge on any atom is 0.332 e. The van der Waals surface area contributed by atoms with Crippen LogP contribution in [0.3, 0.4) is 0 Å². The van der Waals surface area contributed by atoms with Crippen LogP contribution < -0.4 is 10.2 Å². The zero-order chi connectivity index (χ0) is 26.4. The summed E-state index contributed by atoms with van der Waals surface area (Å²) in [5.41, 5.74) is 4.10. The summed E-state index contributed by atoms with van der Waals surface area (Å²) in [5.74, 6) is -0.749. The fraction of sp³-hybridized carbons (Fsp3) is 0.207. The number of imide groups is 1. The summed E-state index contributed by atoms with van der Waals surface area (Å²) in [7, 11) is 1.55. The first-order chi connectivity index (χ1) is 18.5. The molecule has 0 spiro atoms. The molecule has 4 aromatic rings. The van der Waals surface area contributed by atoms with E-state index in [-0.39, 0.29) is 23.1 Å². The SMILES string of the molecule is COCCNC(=O)c1ccccc1N1C(=O)C2Cc3c([nH]c4ccccc34)C(c3cccc(Cl)c3)N2C1=O. The number of amides is 4. The highest BCUT2D eigenvalue weighted by Crippen LogP contribution is 2.45. The predicted octanol–water partition coefficient (Wildman–Crippen LogP) is 4.68. The highest BCUT2D eigenvalue weighted by Gasteiger charge is 2.53. The van der Waals surface area contributed by atoms with Gasteiger partial charge in [0.05, 0.1) is 17.9 Å². The second-order valence-electron chi connectivity index (χ2n) is 9.37. The van der Waals surface area contributed by atoms with Crippen molar-refractivity contribution in [2.24, 2.45) is 0 Å². The molecule has 1 aromatic heterocycles. The average Bonchev–Trinajstić information content (AvgIpc) is 3.42. The van der Waals surface area contributed by atoms with Crippen LogP contribution in [0.5, 0.6) is 0 Å². The summed E-state index contributed by atoms with van der Waals surface area (Å²) in [5, 5.41) is 4.34. The van der Waals surface area contributed by atoms with Gasteiger partial charge < -0.3 is 15.0 Å². The van der Waals surface area contributed by atoms with Crippen molar-refractivity contribution in [3.05, 3.63) is 100 Å². The van der Waals surface area contributed by atoms with Gasteiger partial charge in [-0.1, -0.05) is 54.1 Å². The maximum atomic E-state index is 14.1. The number of carbonyl (C=O) groups excluding carboxylic acids is 3. The van der Waals surface area contributed by atoms with Gasteiger partial charge in [-0.25, -0.2) is 9.69 Å². The number of ether oxygens (including phenoxy) is 1. The first-order valence-electron chi connectivity index (χ1n) is 12.4. The molecule has 2 aliphatic heterocycles. The Morgan fingerprint density at radius 1 is 1.08 bits per heavy atom. The first kappa shape index (κ1) is 24.2. The van der Waals surface area contributed by atoms with E-state index in [9.17, 15) is 14.4 Å². The third-order valence-corrected chi connectivity index (χ3v) is 7.43. The lowest BCUT2D eigenvalue weighted by molar-refractivity contribution is -0.120. The number of fused-ring (bicyclic) bond motifs is 4. The summed E-state index contributed by atoms with van der Waals surface area (Å²) in [4.78, 5) is 47.3. The molecule has 0 aliphatic carbocycles. The Hall–Kier alpha value is -4.14. The number of aromatic nitrogens is 1. The fourth-order valence-electron chi connectivity index (χ4n) is 5.54. The van der Waals surface area contributed by atoms with Crippen LogP contribution in [0.2, 0.25) is 5.02 Å². The van der Waals surface area contributed by atoms with Crippen molar-refractivity contribution in [2.75, 3.05) is 25.2 Å². The smallest absolute Gasteiger partial charge is 0.332 e. The minimum absolute atomic E-state index is 0.244. The minimum atomic E-state index is -0.734. The molecule has 1 fully saturated rings. The lowest BCUT2D eigenvalue weighted by atomic mass is 9.89. The van der Waals surface area contributed by atoms with E-state index in [1.165, 1.54) is 0 Å². The Morgan fingerprint density at radius 3 is 2.68 bits per heavy atom. The number of anilines is 1.